The molecule has 6 nitrogen and oxygen atoms in total. The van der Waals surface area contributed by atoms with Crippen LogP contribution in [-0.4, -0.2) is 45.1 Å². The number of thiazole rings is 1. The number of methoxy groups -OCH3 is 1. The summed E-state index contributed by atoms with van der Waals surface area (Å²) in [6.07, 6.45) is 1.85. The predicted molar refractivity (Wildman–Crippen MR) is 71.8 cm³/mol. The highest BCUT2D eigenvalue weighted by molar-refractivity contribution is 7.09. The molecule has 0 saturated carbocycles. The van der Waals surface area contributed by atoms with E-state index in [0.717, 1.165) is 30.3 Å². The maximum Gasteiger partial charge on any atom is 0.107 e. The van der Waals surface area contributed by atoms with Crippen LogP contribution in [-0.2, 0) is 24.9 Å². The molecule has 0 radical (unpaired) electrons. The van der Waals surface area contributed by atoms with E-state index in [0.29, 0.717) is 12.5 Å². The van der Waals surface area contributed by atoms with Crippen LogP contribution in [0.25, 0.3) is 0 Å². The summed E-state index contributed by atoms with van der Waals surface area (Å²) < 4.78 is 7.21. The maximum atomic E-state index is 5.34. The van der Waals surface area contributed by atoms with Gasteiger partial charge in [-0.05, 0) is 0 Å². The van der Waals surface area contributed by atoms with E-state index in [4.69, 9.17) is 4.74 Å². The van der Waals surface area contributed by atoms with Crippen molar-refractivity contribution < 1.29 is 4.74 Å². The third-order valence-electron chi connectivity index (χ3n) is 3.39. The van der Waals surface area contributed by atoms with Gasteiger partial charge in [0.15, 0.2) is 0 Å². The van der Waals surface area contributed by atoms with Crippen molar-refractivity contribution in [2.24, 2.45) is 7.05 Å². The van der Waals surface area contributed by atoms with Crippen LogP contribution in [0.2, 0.25) is 0 Å². The second-order valence-corrected chi connectivity index (χ2v) is 5.77. The van der Waals surface area contributed by atoms with Gasteiger partial charge in [-0.15, -0.1) is 16.4 Å². The van der Waals surface area contributed by atoms with Gasteiger partial charge in [-0.25, -0.2) is 4.98 Å². The lowest BCUT2D eigenvalue weighted by Crippen LogP contribution is -2.35. The van der Waals surface area contributed by atoms with E-state index in [-0.39, 0.29) is 0 Å². The number of nitrogens with zero attached hydrogens (tertiary/aromatic N) is 5. The quantitative estimate of drug-likeness (QED) is 0.836. The van der Waals surface area contributed by atoms with Gasteiger partial charge >= 0.3 is 0 Å². The van der Waals surface area contributed by atoms with E-state index < -0.39 is 0 Å². The lowest BCUT2D eigenvalue weighted by molar-refractivity contribution is 0.132. The molecule has 3 rings (SSSR count). The molecule has 0 spiro atoms. The van der Waals surface area contributed by atoms with Crippen molar-refractivity contribution in [1.29, 1.82) is 0 Å². The van der Waals surface area contributed by atoms with Crippen LogP contribution in [0.1, 0.15) is 22.3 Å². The topological polar surface area (TPSA) is 56.1 Å². The Kier molecular flexibility index (Phi) is 3.58. The molecule has 7 heteroatoms. The summed E-state index contributed by atoms with van der Waals surface area (Å²) in [6, 6.07) is 0. The molecule has 2 aromatic heterocycles. The standard InChI is InChI=1S/C12H17N5OS/c1-16-12-9(8-18-2)5-17(6-10(12)14-15-16)7-11-13-3-4-19-11/h3-4,9H,5-8H2,1-2H3/t9-/m1/s1. The highest BCUT2D eigenvalue weighted by Gasteiger charge is 2.30. The molecule has 0 bridgehead atoms. The lowest BCUT2D eigenvalue weighted by Gasteiger charge is -2.31. The summed E-state index contributed by atoms with van der Waals surface area (Å²) in [6.45, 7) is 3.36. The first kappa shape index (κ1) is 12.7. The van der Waals surface area contributed by atoms with Gasteiger partial charge in [-0.2, -0.15) is 0 Å². The number of ether oxygens (including phenoxy) is 1. The molecular weight excluding hydrogens is 262 g/mol. The molecule has 2 aromatic rings. The molecule has 3 heterocycles. The SMILES string of the molecule is COC[C@H]1CN(Cc2nccs2)Cc2nnn(C)c21. The van der Waals surface area contributed by atoms with Crippen molar-refractivity contribution in [2.75, 3.05) is 20.3 Å². The summed E-state index contributed by atoms with van der Waals surface area (Å²) in [5, 5.41) is 11.6. The minimum atomic E-state index is 0.328. The Bertz CT molecular complexity index is 538. The minimum Gasteiger partial charge on any atom is -0.384 e. The molecule has 0 unspecified atom stereocenters. The molecule has 0 aliphatic carbocycles. The lowest BCUT2D eigenvalue weighted by atomic mass is 9.99. The van der Waals surface area contributed by atoms with Crippen molar-refractivity contribution in [1.82, 2.24) is 24.9 Å². The van der Waals surface area contributed by atoms with Crippen LogP contribution >= 0.6 is 11.3 Å². The molecule has 0 aromatic carbocycles. The number of rotatable bonds is 4. The van der Waals surface area contributed by atoms with E-state index in [9.17, 15) is 0 Å². The van der Waals surface area contributed by atoms with Gasteiger partial charge < -0.3 is 4.74 Å². The Morgan fingerprint density at radius 3 is 3.16 bits per heavy atom. The Balaban J connectivity index is 1.80. The zero-order valence-electron chi connectivity index (χ0n) is 11.1. The fourth-order valence-electron chi connectivity index (χ4n) is 2.67. The number of hydrogen-bond donors (Lipinski definition) is 0. The Hall–Kier alpha value is -1.31. The van der Waals surface area contributed by atoms with E-state index >= 15 is 0 Å². The molecule has 1 aliphatic heterocycles. The third-order valence-corrected chi connectivity index (χ3v) is 4.16. The normalized spacial score (nSPS) is 19.6. The fourth-order valence-corrected chi connectivity index (χ4v) is 3.33. The van der Waals surface area contributed by atoms with Gasteiger partial charge in [0.25, 0.3) is 0 Å². The first-order chi connectivity index (χ1) is 9.28. The second-order valence-electron chi connectivity index (χ2n) is 4.79. The molecule has 1 atom stereocenters. The predicted octanol–water partition coefficient (Wildman–Crippen LogP) is 1.02. The fraction of sp³-hybridized carbons (Fsp3) is 0.583. The molecule has 19 heavy (non-hydrogen) atoms. The van der Waals surface area contributed by atoms with E-state index in [2.05, 4.69) is 20.2 Å². The molecule has 0 amide bonds. The molecule has 1 aliphatic rings. The monoisotopic (exact) mass is 279 g/mol. The van der Waals surface area contributed by atoms with Crippen molar-refractivity contribution >= 4 is 11.3 Å². The van der Waals surface area contributed by atoms with Crippen molar-refractivity contribution in [2.45, 2.75) is 19.0 Å². The summed E-state index contributed by atoms with van der Waals surface area (Å²) in [7, 11) is 3.69. The minimum absolute atomic E-state index is 0.328. The van der Waals surface area contributed by atoms with Gasteiger partial charge in [0.1, 0.15) is 10.7 Å². The van der Waals surface area contributed by atoms with Gasteiger partial charge in [0, 0.05) is 44.7 Å². The van der Waals surface area contributed by atoms with E-state index in [1.54, 1.807) is 18.4 Å². The smallest absolute Gasteiger partial charge is 0.107 e. The van der Waals surface area contributed by atoms with Crippen molar-refractivity contribution in [3.05, 3.63) is 28.0 Å². The molecule has 0 saturated heterocycles. The van der Waals surface area contributed by atoms with Crippen LogP contribution in [0, 0.1) is 0 Å². The Morgan fingerprint density at radius 2 is 2.42 bits per heavy atom. The highest BCUT2D eigenvalue weighted by Crippen LogP contribution is 2.27. The van der Waals surface area contributed by atoms with Crippen LogP contribution < -0.4 is 0 Å². The first-order valence-corrected chi connectivity index (χ1v) is 7.14. The summed E-state index contributed by atoms with van der Waals surface area (Å²) >= 11 is 1.69. The maximum absolute atomic E-state index is 5.34. The average Bonchev–Trinajstić information content (AvgIpc) is 3.00. The van der Waals surface area contributed by atoms with E-state index in [1.807, 2.05) is 23.3 Å². The number of fused-ring (bicyclic) bond motifs is 1. The molecule has 0 fully saturated rings. The zero-order valence-corrected chi connectivity index (χ0v) is 11.9. The molecule has 102 valence electrons. The zero-order chi connectivity index (χ0) is 13.2. The number of aryl methyl sites for hydroxylation is 1. The third kappa shape index (κ3) is 2.54. The summed E-state index contributed by atoms with van der Waals surface area (Å²) in [4.78, 5) is 6.71. The van der Waals surface area contributed by atoms with Crippen molar-refractivity contribution in [3.8, 4) is 0 Å². The van der Waals surface area contributed by atoms with Gasteiger partial charge in [0.05, 0.1) is 18.8 Å². The van der Waals surface area contributed by atoms with Crippen LogP contribution in [0.3, 0.4) is 0 Å². The van der Waals surface area contributed by atoms with Gasteiger partial charge in [-0.1, -0.05) is 5.21 Å². The first-order valence-electron chi connectivity index (χ1n) is 6.26. The van der Waals surface area contributed by atoms with Crippen molar-refractivity contribution in [3.63, 3.8) is 0 Å². The largest absolute Gasteiger partial charge is 0.384 e. The molecule has 0 N–H and O–H groups in total. The molecular formula is C12H17N5OS. The Labute approximate surface area is 116 Å². The van der Waals surface area contributed by atoms with Gasteiger partial charge in [0.2, 0.25) is 0 Å². The van der Waals surface area contributed by atoms with E-state index in [1.165, 1.54) is 5.69 Å². The number of aromatic nitrogens is 4. The Morgan fingerprint density at radius 1 is 1.53 bits per heavy atom. The van der Waals surface area contributed by atoms with Gasteiger partial charge in [-0.3, -0.25) is 9.58 Å². The van der Waals surface area contributed by atoms with Crippen LogP contribution in [0.15, 0.2) is 11.6 Å². The summed E-state index contributed by atoms with van der Waals surface area (Å²) in [5.41, 5.74) is 2.27. The summed E-state index contributed by atoms with van der Waals surface area (Å²) in [5.74, 6) is 0.328. The second kappa shape index (κ2) is 5.36. The van der Waals surface area contributed by atoms with Crippen LogP contribution in [0.4, 0.5) is 0 Å². The number of hydrogen-bond acceptors (Lipinski definition) is 6. The average molecular weight is 279 g/mol. The van der Waals surface area contributed by atoms with Crippen LogP contribution in [0.5, 0.6) is 0 Å². The highest BCUT2D eigenvalue weighted by atomic mass is 32.1.